The Morgan fingerprint density at radius 1 is 1.11 bits per heavy atom. The molecule has 10 nitrogen and oxygen atoms in total. The zero-order chi connectivity index (χ0) is 27.7. The Kier molecular flexibility index (Phi) is 7.40. The fraction of sp³-hybridized carbons (Fsp3) is 0.259. The van der Waals surface area contributed by atoms with Crippen LogP contribution >= 0.6 is 11.3 Å². The summed E-state index contributed by atoms with van der Waals surface area (Å²) in [7, 11) is 2.59. The number of methoxy groups -OCH3 is 2. The van der Waals surface area contributed by atoms with Gasteiger partial charge in [-0.2, -0.15) is 0 Å². The van der Waals surface area contributed by atoms with Crippen molar-refractivity contribution in [2.45, 2.75) is 32.9 Å². The van der Waals surface area contributed by atoms with Crippen LogP contribution in [0.15, 0.2) is 48.0 Å². The van der Waals surface area contributed by atoms with Gasteiger partial charge < -0.3 is 24.4 Å². The Morgan fingerprint density at radius 2 is 1.79 bits per heavy atom. The molecule has 0 radical (unpaired) electrons. The van der Waals surface area contributed by atoms with E-state index < -0.39 is 29.5 Å². The Morgan fingerprint density at radius 3 is 2.39 bits per heavy atom. The monoisotopic (exact) mass is 538 g/mol. The normalized spacial score (nSPS) is 16.7. The summed E-state index contributed by atoms with van der Waals surface area (Å²) in [6.07, 6.45) is -0.0547. The van der Waals surface area contributed by atoms with Crippen LogP contribution < -0.4 is 14.4 Å². The van der Waals surface area contributed by atoms with Gasteiger partial charge in [-0.05, 0) is 62.7 Å². The molecule has 1 amide bonds. The van der Waals surface area contributed by atoms with E-state index in [2.05, 4.69) is 4.98 Å². The maximum atomic E-state index is 13.4. The lowest BCUT2D eigenvalue weighted by Gasteiger charge is -2.23. The Bertz CT molecular complexity index is 1440. The Labute approximate surface area is 222 Å². The smallest absolute Gasteiger partial charge is 0.350 e. The summed E-state index contributed by atoms with van der Waals surface area (Å²) in [6.45, 7) is 5.35. The zero-order valence-electron chi connectivity index (χ0n) is 21.3. The lowest BCUT2D eigenvalue weighted by Crippen LogP contribution is -2.29. The number of phenolic OH excluding ortho intramolecular Hbond substituents is 1. The van der Waals surface area contributed by atoms with Crippen LogP contribution in [-0.2, 0) is 14.3 Å². The van der Waals surface area contributed by atoms with E-state index in [0.29, 0.717) is 22.6 Å². The Balaban J connectivity index is 1.91. The molecule has 4 rings (SSSR count). The first-order chi connectivity index (χ1) is 18.1. The number of ketones is 1. The molecule has 1 aromatic heterocycles. The number of esters is 1. The van der Waals surface area contributed by atoms with E-state index in [9.17, 15) is 24.6 Å². The van der Waals surface area contributed by atoms with Crippen LogP contribution in [0.25, 0.3) is 5.76 Å². The minimum atomic E-state index is -1.13. The molecule has 2 aromatic carbocycles. The second kappa shape index (κ2) is 10.5. The number of phenols is 1. The number of hydrogen-bond donors (Lipinski definition) is 2. The number of rotatable bonds is 7. The van der Waals surface area contributed by atoms with Crippen LogP contribution in [0.5, 0.6) is 17.2 Å². The number of benzene rings is 2. The minimum Gasteiger partial charge on any atom is -0.507 e. The van der Waals surface area contributed by atoms with Gasteiger partial charge in [-0.1, -0.05) is 17.4 Å². The van der Waals surface area contributed by atoms with Crippen molar-refractivity contribution >= 4 is 39.9 Å². The highest BCUT2D eigenvalue weighted by atomic mass is 32.1. The van der Waals surface area contributed by atoms with Crippen LogP contribution in [0.3, 0.4) is 0 Å². The molecule has 38 heavy (non-hydrogen) atoms. The molecular formula is C27H26N2O8S. The maximum Gasteiger partial charge on any atom is 0.350 e. The second-order valence-corrected chi connectivity index (χ2v) is 9.67. The highest BCUT2D eigenvalue weighted by molar-refractivity contribution is 7.17. The summed E-state index contributed by atoms with van der Waals surface area (Å²) in [5, 5.41) is 21.5. The molecule has 0 aliphatic carbocycles. The molecule has 2 N–H and O–H groups in total. The number of Topliss-reactive ketones (excluding diaryl/α,β-unsaturated/α-hetero) is 1. The highest BCUT2D eigenvalue weighted by Gasteiger charge is 2.48. The number of carbonyl (C=O) groups excluding carboxylic acids is 3. The second-order valence-electron chi connectivity index (χ2n) is 8.69. The third-order valence-corrected chi connectivity index (χ3v) is 6.96. The molecule has 198 valence electrons. The highest BCUT2D eigenvalue weighted by Crippen LogP contribution is 2.45. The van der Waals surface area contributed by atoms with Crippen molar-refractivity contribution < 1.29 is 38.8 Å². The van der Waals surface area contributed by atoms with Crippen molar-refractivity contribution in [1.29, 1.82) is 0 Å². The summed E-state index contributed by atoms with van der Waals surface area (Å²) >= 11 is 0.890. The van der Waals surface area contributed by atoms with Gasteiger partial charge in [-0.25, -0.2) is 9.78 Å². The van der Waals surface area contributed by atoms with Crippen LogP contribution in [0, 0.1) is 6.92 Å². The van der Waals surface area contributed by atoms with E-state index in [0.717, 1.165) is 16.2 Å². The van der Waals surface area contributed by atoms with Crippen molar-refractivity contribution in [2.75, 3.05) is 19.1 Å². The molecule has 1 atom stereocenters. The number of aliphatic hydroxyl groups is 1. The summed E-state index contributed by atoms with van der Waals surface area (Å²) in [4.78, 5) is 44.6. The van der Waals surface area contributed by atoms with Crippen LogP contribution in [0.4, 0.5) is 5.13 Å². The average Bonchev–Trinajstić information content (AvgIpc) is 3.40. The molecule has 1 unspecified atom stereocenters. The first kappa shape index (κ1) is 26.7. The van der Waals surface area contributed by atoms with Gasteiger partial charge in [0.25, 0.3) is 5.78 Å². The van der Waals surface area contributed by atoms with E-state index in [4.69, 9.17) is 14.2 Å². The average molecular weight is 539 g/mol. The van der Waals surface area contributed by atoms with Gasteiger partial charge in [0.05, 0.1) is 37.6 Å². The fourth-order valence-corrected chi connectivity index (χ4v) is 5.11. The number of anilines is 1. The predicted octanol–water partition coefficient (Wildman–Crippen LogP) is 4.37. The largest absolute Gasteiger partial charge is 0.507 e. The van der Waals surface area contributed by atoms with Crippen LogP contribution in [0.2, 0.25) is 0 Å². The third kappa shape index (κ3) is 4.80. The van der Waals surface area contributed by atoms with Gasteiger partial charge in [-0.3, -0.25) is 14.5 Å². The standard InChI is InChI=1S/C27H26N2O8S/c1-13(2)37-17-9-6-15(7-10-17)22(31)20-21(16-8-11-18(30)19(12-16)35-4)29(25(33)23(20)32)27-28-14(3)24(38-27)26(34)36-5/h6-13,21,30-31H,1-5H3/b22-20+. The van der Waals surface area contributed by atoms with Crippen molar-refractivity contribution in [3.63, 3.8) is 0 Å². The molecule has 1 fully saturated rings. The van der Waals surface area contributed by atoms with Gasteiger partial charge in [0.1, 0.15) is 16.4 Å². The molecule has 1 aliphatic heterocycles. The topological polar surface area (TPSA) is 135 Å². The van der Waals surface area contributed by atoms with Crippen LogP contribution in [-0.4, -0.2) is 53.2 Å². The number of hydrogen-bond acceptors (Lipinski definition) is 10. The number of aryl methyl sites for hydroxylation is 1. The first-order valence-electron chi connectivity index (χ1n) is 11.6. The van der Waals surface area contributed by atoms with E-state index in [1.54, 1.807) is 31.2 Å². The van der Waals surface area contributed by atoms with Crippen molar-refractivity contribution in [2.24, 2.45) is 0 Å². The van der Waals surface area contributed by atoms with Gasteiger partial charge in [0.15, 0.2) is 16.6 Å². The summed E-state index contributed by atoms with van der Waals surface area (Å²) in [5.74, 6) is -2.37. The zero-order valence-corrected chi connectivity index (χ0v) is 22.2. The molecule has 3 aromatic rings. The molecule has 0 saturated carbocycles. The van der Waals surface area contributed by atoms with Gasteiger partial charge >= 0.3 is 11.9 Å². The number of ether oxygens (including phenoxy) is 3. The molecule has 11 heteroatoms. The fourth-order valence-electron chi connectivity index (χ4n) is 4.10. The number of thiazole rings is 1. The number of aromatic nitrogens is 1. The van der Waals surface area contributed by atoms with Crippen LogP contribution in [0.1, 0.15) is 46.4 Å². The molecule has 0 spiro atoms. The van der Waals surface area contributed by atoms with E-state index in [-0.39, 0.29) is 33.2 Å². The summed E-state index contributed by atoms with van der Waals surface area (Å²) in [6, 6.07) is 9.66. The first-order valence-corrected chi connectivity index (χ1v) is 12.4. The quantitative estimate of drug-likeness (QED) is 0.195. The summed E-state index contributed by atoms with van der Waals surface area (Å²) in [5.41, 5.74) is 0.794. The predicted molar refractivity (Wildman–Crippen MR) is 140 cm³/mol. The number of carbonyl (C=O) groups is 3. The molecular weight excluding hydrogens is 512 g/mol. The maximum absolute atomic E-state index is 13.4. The van der Waals surface area contributed by atoms with Gasteiger partial charge in [-0.15, -0.1) is 0 Å². The van der Waals surface area contributed by atoms with Crippen molar-refractivity contribution in [3.05, 3.63) is 69.7 Å². The number of amides is 1. The minimum absolute atomic E-state index is 0.0547. The van der Waals surface area contributed by atoms with E-state index >= 15 is 0 Å². The SMILES string of the molecule is COC(=O)c1sc(N2C(=O)C(=O)/C(=C(/O)c3ccc(OC(C)C)cc3)C2c2ccc(O)c(OC)c2)nc1C. The molecule has 2 heterocycles. The lowest BCUT2D eigenvalue weighted by atomic mass is 9.95. The van der Waals surface area contributed by atoms with Gasteiger partial charge in [0.2, 0.25) is 0 Å². The number of nitrogens with zero attached hydrogens (tertiary/aromatic N) is 2. The number of aromatic hydroxyl groups is 1. The van der Waals surface area contributed by atoms with Crippen molar-refractivity contribution in [1.82, 2.24) is 4.98 Å². The van der Waals surface area contributed by atoms with E-state index in [1.165, 1.54) is 32.4 Å². The van der Waals surface area contributed by atoms with Gasteiger partial charge in [0, 0.05) is 5.56 Å². The lowest BCUT2D eigenvalue weighted by molar-refractivity contribution is -0.132. The number of aliphatic hydroxyl groups excluding tert-OH is 1. The summed E-state index contributed by atoms with van der Waals surface area (Å²) < 4.78 is 15.7. The molecule has 1 aliphatic rings. The van der Waals surface area contributed by atoms with E-state index in [1.807, 2.05) is 13.8 Å². The molecule has 0 bridgehead atoms. The van der Waals surface area contributed by atoms with Crippen molar-refractivity contribution in [3.8, 4) is 17.2 Å². The molecule has 1 saturated heterocycles. The Hall–Kier alpha value is -4.38. The third-order valence-electron chi connectivity index (χ3n) is 5.83.